The number of hydrogen-bond donors (Lipinski definition) is 1. The monoisotopic (exact) mass is 327 g/mol. The van der Waals surface area contributed by atoms with Crippen molar-refractivity contribution in [2.45, 2.75) is 88.2 Å². The molecular weight excluding hydrogens is 298 g/mol. The van der Waals surface area contributed by atoms with E-state index in [2.05, 4.69) is 4.72 Å². The summed E-state index contributed by atoms with van der Waals surface area (Å²) in [6.07, 6.45) is 13.8. The average molecular weight is 327 g/mol. The molecule has 3 aliphatic rings. The van der Waals surface area contributed by atoms with Crippen molar-refractivity contribution < 1.29 is 13.2 Å². The van der Waals surface area contributed by atoms with E-state index in [9.17, 15) is 13.2 Å². The summed E-state index contributed by atoms with van der Waals surface area (Å²) in [6.45, 7) is 0. The molecule has 1 aliphatic heterocycles. The van der Waals surface area contributed by atoms with E-state index in [1.54, 1.807) is 0 Å². The van der Waals surface area contributed by atoms with E-state index in [1.165, 1.54) is 38.5 Å². The molecule has 0 bridgehead atoms. The second-order valence-electron chi connectivity index (χ2n) is 7.62. The molecule has 5 heteroatoms. The lowest BCUT2D eigenvalue weighted by Crippen LogP contribution is -2.40. The molecule has 4 nitrogen and oxygen atoms in total. The van der Waals surface area contributed by atoms with Crippen LogP contribution >= 0.6 is 0 Å². The first kappa shape index (κ1) is 16.3. The lowest BCUT2D eigenvalue weighted by atomic mass is 10.0. The molecule has 1 spiro atoms. The first-order valence-corrected chi connectivity index (χ1v) is 10.6. The molecule has 1 heterocycles. The van der Waals surface area contributed by atoms with Crippen molar-refractivity contribution in [3.8, 4) is 0 Å². The molecule has 22 heavy (non-hydrogen) atoms. The first-order chi connectivity index (χ1) is 10.5. The molecular formula is C17H29NO3S. The lowest BCUT2D eigenvalue weighted by molar-refractivity contribution is -0.120. The third kappa shape index (κ3) is 3.66. The Morgan fingerprint density at radius 3 is 2.09 bits per heavy atom. The normalized spacial score (nSPS) is 35.4. The van der Waals surface area contributed by atoms with Gasteiger partial charge in [0.1, 0.15) is 0 Å². The van der Waals surface area contributed by atoms with Crippen molar-refractivity contribution in [3.05, 3.63) is 0 Å². The van der Waals surface area contributed by atoms with Gasteiger partial charge >= 0.3 is 0 Å². The Kier molecular flexibility index (Phi) is 4.81. The van der Waals surface area contributed by atoms with Crippen molar-refractivity contribution in [1.82, 2.24) is 4.72 Å². The zero-order valence-corrected chi connectivity index (χ0v) is 14.3. The number of nitrogens with one attached hydrogen (secondary N) is 1. The maximum absolute atomic E-state index is 12.5. The van der Waals surface area contributed by atoms with Gasteiger partial charge in [-0.25, -0.2) is 8.42 Å². The standard InChI is InChI=1S/C17H29NO3S/c19-16-15-13-14(15)9-7-5-3-1-2-4-6-8-10-17(11-12-17)22(20,21)18-16/h14-15H,1-13H2,(H,18,19)/t14-,15+/m1/s1. The summed E-state index contributed by atoms with van der Waals surface area (Å²) in [4.78, 5) is 12.2. The molecule has 3 rings (SSSR count). The number of rotatable bonds is 0. The van der Waals surface area contributed by atoms with Gasteiger partial charge in [0.2, 0.25) is 15.9 Å². The molecule has 0 aromatic carbocycles. The quantitative estimate of drug-likeness (QED) is 0.740. The highest BCUT2D eigenvalue weighted by Crippen LogP contribution is 2.48. The van der Waals surface area contributed by atoms with Crippen LogP contribution in [0, 0.1) is 11.8 Å². The summed E-state index contributed by atoms with van der Waals surface area (Å²) in [5, 5.41) is 0. The van der Waals surface area contributed by atoms with E-state index in [-0.39, 0.29) is 11.8 Å². The van der Waals surface area contributed by atoms with Gasteiger partial charge < -0.3 is 0 Å². The van der Waals surface area contributed by atoms with E-state index < -0.39 is 14.8 Å². The van der Waals surface area contributed by atoms with Crippen LogP contribution in [0.2, 0.25) is 0 Å². The number of carbonyl (C=O) groups excluding carboxylic acids is 1. The Morgan fingerprint density at radius 1 is 0.864 bits per heavy atom. The van der Waals surface area contributed by atoms with Crippen LogP contribution in [0.3, 0.4) is 0 Å². The maximum atomic E-state index is 12.5. The molecule has 126 valence electrons. The van der Waals surface area contributed by atoms with Crippen LogP contribution in [0.4, 0.5) is 0 Å². The summed E-state index contributed by atoms with van der Waals surface area (Å²) in [6, 6.07) is 0. The van der Waals surface area contributed by atoms with Crippen LogP contribution in [-0.2, 0) is 14.8 Å². The maximum Gasteiger partial charge on any atom is 0.240 e. The average Bonchev–Trinajstić information content (AvgIpc) is 3.33. The van der Waals surface area contributed by atoms with E-state index in [0.717, 1.165) is 44.9 Å². The predicted molar refractivity (Wildman–Crippen MR) is 86.8 cm³/mol. The van der Waals surface area contributed by atoms with Crippen LogP contribution in [0.5, 0.6) is 0 Å². The van der Waals surface area contributed by atoms with Gasteiger partial charge in [-0.1, -0.05) is 51.4 Å². The number of sulfonamides is 1. The third-order valence-corrected chi connectivity index (χ3v) is 8.05. The fraction of sp³-hybridized carbons (Fsp3) is 0.941. The molecule has 0 radical (unpaired) electrons. The van der Waals surface area contributed by atoms with Crippen LogP contribution in [-0.4, -0.2) is 19.1 Å². The Balaban J connectivity index is 1.61. The molecule has 1 amide bonds. The molecule has 2 atom stereocenters. The SMILES string of the molecule is O=C1NS(=O)(=O)C2(CCCCCCCCCC[C@@H]3C[C@H]13)CC2. The molecule has 2 saturated carbocycles. The minimum atomic E-state index is -3.47. The minimum Gasteiger partial charge on any atom is -0.274 e. The van der Waals surface area contributed by atoms with Crippen molar-refractivity contribution in [3.63, 3.8) is 0 Å². The van der Waals surface area contributed by atoms with Gasteiger partial charge in [0, 0.05) is 5.92 Å². The Hall–Kier alpha value is -0.580. The van der Waals surface area contributed by atoms with Gasteiger partial charge in [-0.2, -0.15) is 0 Å². The topological polar surface area (TPSA) is 63.2 Å². The molecule has 0 aromatic heterocycles. The van der Waals surface area contributed by atoms with Crippen LogP contribution in [0.15, 0.2) is 0 Å². The highest BCUT2D eigenvalue weighted by molar-refractivity contribution is 7.91. The molecule has 0 aromatic rings. The smallest absolute Gasteiger partial charge is 0.240 e. The molecule has 2 aliphatic carbocycles. The summed E-state index contributed by atoms with van der Waals surface area (Å²) in [7, 11) is -3.47. The summed E-state index contributed by atoms with van der Waals surface area (Å²) in [5.74, 6) is 0.153. The first-order valence-electron chi connectivity index (χ1n) is 9.10. The van der Waals surface area contributed by atoms with Crippen molar-refractivity contribution in [1.29, 1.82) is 0 Å². The lowest BCUT2D eigenvalue weighted by Gasteiger charge is -2.17. The van der Waals surface area contributed by atoms with E-state index in [4.69, 9.17) is 0 Å². The fourth-order valence-corrected chi connectivity index (χ4v) is 5.60. The minimum absolute atomic E-state index is 0.0431. The Labute approximate surface area is 134 Å². The Morgan fingerprint density at radius 2 is 1.45 bits per heavy atom. The summed E-state index contributed by atoms with van der Waals surface area (Å²) in [5.41, 5.74) is 0. The van der Waals surface area contributed by atoms with E-state index in [0.29, 0.717) is 5.92 Å². The number of amides is 1. The zero-order valence-electron chi connectivity index (χ0n) is 13.5. The summed E-state index contributed by atoms with van der Waals surface area (Å²) < 4.78 is 26.8. The van der Waals surface area contributed by atoms with Gasteiger partial charge in [0.05, 0.1) is 4.75 Å². The van der Waals surface area contributed by atoms with E-state index in [1.807, 2.05) is 0 Å². The van der Waals surface area contributed by atoms with Gasteiger partial charge in [0.15, 0.2) is 0 Å². The number of carbonyl (C=O) groups is 1. The summed E-state index contributed by atoms with van der Waals surface area (Å²) >= 11 is 0. The fourth-order valence-electron chi connectivity index (χ4n) is 3.91. The van der Waals surface area contributed by atoms with Crippen molar-refractivity contribution in [2.24, 2.45) is 11.8 Å². The molecule has 0 unspecified atom stereocenters. The number of hydrogen-bond acceptors (Lipinski definition) is 3. The molecule has 1 N–H and O–H groups in total. The van der Waals surface area contributed by atoms with E-state index >= 15 is 0 Å². The Bertz CT molecular complexity index is 510. The van der Waals surface area contributed by atoms with Crippen molar-refractivity contribution in [2.75, 3.05) is 0 Å². The third-order valence-electron chi connectivity index (χ3n) is 5.83. The van der Waals surface area contributed by atoms with Gasteiger partial charge in [-0.05, 0) is 38.0 Å². The van der Waals surface area contributed by atoms with Crippen LogP contribution < -0.4 is 4.72 Å². The van der Waals surface area contributed by atoms with Crippen LogP contribution in [0.1, 0.15) is 83.5 Å². The largest absolute Gasteiger partial charge is 0.274 e. The van der Waals surface area contributed by atoms with Gasteiger partial charge in [0.25, 0.3) is 0 Å². The highest BCUT2D eigenvalue weighted by Gasteiger charge is 2.55. The second kappa shape index (κ2) is 6.50. The predicted octanol–water partition coefficient (Wildman–Crippen LogP) is 3.52. The zero-order chi connectivity index (χ0) is 15.6. The second-order valence-corrected chi connectivity index (χ2v) is 9.70. The van der Waals surface area contributed by atoms with Gasteiger partial charge in [-0.3, -0.25) is 9.52 Å². The van der Waals surface area contributed by atoms with Crippen LogP contribution in [0.25, 0.3) is 0 Å². The molecule has 3 fully saturated rings. The van der Waals surface area contributed by atoms with Crippen molar-refractivity contribution >= 4 is 15.9 Å². The highest BCUT2D eigenvalue weighted by atomic mass is 32.2. The molecule has 1 saturated heterocycles. The van der Waals surface area contributed by atoms with Gasteiger partial charge in [-0.15, -0.1) is 0 Å². The number of fused-ring (bicyclic) bond motifs is 1.